The maximum atomic E-state index is 11.9. The van der Waals surface area contributed by atoms with Crippen LogP contribution in [0, 0.1) is 16.7 Å². The number of halogens is 1. The molecule has 1 atom stereocenters. The SMILES string of the molecule is CCCC(CC#N)(CCCc1ccc(Sc2cccc(OCc3ccccc3)c2)cc1Cl)C(=O)O. The van der Waals surface area contributed by atoms with Gasteiger partial charge in [0, 0.05) is 14.8 Å². The summed E-state index contributed by atoms with van der Waals surface area (Å²) in [5.41, 5.74) is 1.14. The first kappa shape index (κ1) is 26.7. The quantitative estimate of drug-likeness (QED) is 0.252. The van der Waals surface area contributed by atoms with Crippen molar-refractivity contribution >= 4 is 29.3 Å². The van der Waals surface area contributed by atoms with E-state index < -0.39 is 11.4 Å². The predicted octanol–water partition coefficient (Wildman–Crippen LogP) is 8.18. The minimum atomic E-state index is -0.973. The van der Waals surface area contributed by atoms with E-state index in [1.165, 1.54) is 0 Å². The summed E-state index contributed by atoms with van der Waals surface area (Å²) < 4.78 is 5.94. The first-order valence-corrected chi connectivity index (χ1v) is 13.0. The van der Waals surface area contributed by atoms with Gasteiger partial charge in [0.05, 0.1) is 17.9 Å². The molecule has 0 aliphatic rings. The largest absolute Gasteiger partial charge is 0.489 e. The molecule has 0 saturated carbocycles. The van der Waals surface area contributed by atoms with E-state index in [4.69, 9.17) is 21.6 Å². The Balaban J connectivity index is 1.59. The number of aliphatic carboxylic acids is 1. The average Bonchev–Trinajstić information content (AvgIpc) is 2.85. The van der Waals surface area contributed by atoms with Crippen LogP contribution in [0.15, 0.2) is 82.6 Å². The number of carbonyl (C=O) groups is 1. The maximum Gasteiger partial charge on any atom is 0.310 e. The van der Waals surface area contributed by atoms with Gasteiger partial charge in [-0.05, 0) is 67.1 Å². The van der Waals surface area contributed by atoms with Gasteiger partial charge < -0.3 is 9.84 Å². The van der Waals surface area contributed by atoms with Crippen LogP contribution in [0.3, 0.4) is 0 Å². The molecule has 0 aliphatic carbocycles. The van der Waals surface area contributed by atoms with Crippen molar-refractivity contribution in [2.45, 2.75) is 61.8 Å². The Morgan fingerprint density at radius 1 is 1.06 bits per heavy atom. The fourth-order valence-electron chi connectivity index (χ4n) is 4.14. The highest BCUT2D eigenvalue weighted by molar-refractivity contribution is 7.99. The minimum Gasteiger partial charge on any atom is -0.489 e. The molecule has 1 N–H and O–H groups in total. The van der Waals surface area contributed by atoms with Crippen molar-refractivity contribution < 1.29 is 14.6 Å². The van der Waals surface area contributed by atoms with Gasteiger partial charge in [-0.1, -0.05) is 79.2 Å². The van der Waals surface area contributed by atoms with E-state index in [-0.39, 0.29) is 6.42 Å². The summed E-state index contributed by atoms with van der Waals surface area (Å²) in [6.07, 6.45) is 3.09. The van der Waals surface area contributed by atoms with Crippen molar-refractivity contribution in [1.82, 2.24) is 0 Å². The van der Waals surface area contributed by atoms with E-state index in [1.807, 2.05) is 79.7 Å². The molecule has 0 spiro atoms. The molecule has 0 amide bonds. The van der Waals surface area contributed by atoms with Gasteiger partial charge in [0.1, 0.15) is 12.4 Å². The molecule has 0 bridgehead atoms. The summed E-state index contributed by atoms with van der Waals surface area (Å²) in [6.45, 7) is 2.47. The highest BCUT2D eigenvalue weighted by atomic mass is 35.5. The van der Waals surface area contributed by atoms with Crippen molar-refractivity contribution in [1.29, 1.82) is 5.26 Å². The van der Waals surface area contributed by atoms with Crippen LogP contribution in [-0.4, -0.2) is 11.1 Å². The number of ether oxygens (including phenoxy) is 1. The van der Waals surface area contributed by atoms with Gasteiger partial charge in [0.2, 0.25) is 0 Å². The fraction of sp³-hybridized carbons (Fsp3) is 0.310. The van der Waals surface area contributed by atoms with Crippen LogP contribution in [0.5, 0.6) is 5.75 Å². The molecule has 3 aromatic rings. The third-order valence-corrected chi connectivity index (χ3v) is 7.35. The Hall–Kier alpha value is -2.94. The Morgan fingerprint density at radius 2 is 1.83 bits per heavy atom. The Kier molecular flexibility index (Phi) is 10.1. The molecule has 182 valence electrons. The number of rotatable bonds is 13. The summed E-state index contributed by atoms with van der Waals surface area (Å²) in [5, 5.41) is 19.6. The molecule has 0 heterocycles. The molecule has 3 aromatic carbocycles. The smallest absolute Gasteiger partial charge is 0.310 e. The van der Waals surface area contributed by atoms with Crippen LogP contribution < -0.4 is 4.74 Å². The highest BCUT2D eigenvalue weighted by Crippen LogP contribution is 2.36. The zero-order valence-corrected chi connectivity index (χ0v) is 21.4. The average molecular weight is 508 g/mol. The van der Waals surface area contributed by atoms with E-state index in [9.17, 15) is 9.90 Å². The third-order valence-electron chi connectivity index (χ3n) is 6.02. The lowest BCUT2D eigenvalue weighted by molar-refractivity contribution is -0.149. The monoisotopic (exact) mass is 507 g/mol. The van der Waals surface area contributed by atoms with Crippen LogP contribution in [0.4, 0.5) is 0 Å². The topological polar surface area (TPSA) is 70.3 Å². The van der Waals surface area contributed by atoms with Crippen molar-refractivity contribution in [2.24, 2.45) is 5.41 Å². The van der Waals surface area contributed by atoms with Gasteiger partial charge in [-0.25, -0.2) is 0 Å². The van der Waals surface area contributed by atoms with Crippen LogP contribution in [0.25, 0.3) is 0 Å². The summed E-state index contributed by atoms with van der Waals surface area (Å²) in [6, 6.07) is 26.1. The molecule has 35 heavy (non-hydrogen) atoms. The molecular weight excluding hydrogens is 478 g/mol. The van der Waals surface area contributed by atoms with Crippen LogP contribution >= 0.6 is 23.4 Å². The van der Waals surface area contributed by atoms with E-state index in [2.05, 4.69) is 6.07 Å². The second-order valence-electron chi connectivity index (χ2n) is 8.63. The van der Waals surface area contributed by atoms with Crippen molar-refractivity contribution in [3.8, 4) is 11.8 Å². The number of nitriles is 1. The third kappa shape index (κ3) is 7.78. The molecule has 0 aliphatic heterocycles. The zero-order chi connectivity index (χ0) is 25.1. The lowest BCUT2D eigenvalue weighted by Gasteiger charge is -2.26. The molecular formula is C29H30ClNO3S. The van der Waals surface area contributed by atoms with Crippen molar-refractivity contribution in [3.63, 3.8) is 0 Å². The minimum absolute atomic E-state index is 0.0353. The molecule has 4 nitrogen and oxygen atoms in total. The Labute approximate surface area is 216 Å². The molecule has 6 heteroatoms. The number of carboxylic acid groups (broad SMARTS) is 1. The first-order chi connectivity index (χ1) is 17.0. The van der Waals surface area contributed by atoms with Crippen molar-refractivity contribution in [3.05, 3.63) is 88.9 Å². The molecule has 0 saturated heterocycles. The van der Waals surface area contributed by atoms with E-state index in [1.54, 1.807) is 11.8 Å². The standard InChI is InChI=1S/C29H30ClNO3S/c1-2-15-29(17-18-31,28(32)33)16-7-10-23-13-14-26(20-27(23)30)35-25-12-6-11-24(19-25)34-21-22-8-4-3-5-9-22/h3-6,8-9,11-14,19-20H,2,7,10,15-17,21H2,1H3,(H,32,33). The highest BCUT2D eigenvalue weighted by Gasteiger charge is 2.36. The molecule has 0 aromatic heterocycles. The normalized spacial score (nSPS) is 12.5. The number of carboxylic acids is 1. The summed E-state index contributed by atoms with van der Waals surface area (Å²) in [5.74, 6) is -0.0679. The Bertz CT molecular complexity index is 1160. The lowest BCUT2D eigenvalue weighted by atomic mass is 9.76. The van der Waals surface area contributed by atoms with Gasteiger partial charge in [-0.2, -0.15) is 5.26 Å². The molecule has 1 unspecified atom stereocenters. The number of benzene rings is 3. The molecule has 0 fully saturated rings. The van der Waals surface area contributed by atoms with Crippen molar-refractivity contribution in [2.75, 3.05) is 0 Å². The van der Waals surface area contributed by atoms with E-state index in [0.717, 1.165) is 33.1 Å². The number of nitrogens with zero attached hydrogens (tertiary/aromatic N) is 1. The van der Waals surface area contributed by atoms with Gasteiger partial charge in [0.25, 0.3) is 0 Å². The molecule has 0 radical (unpaired) electrons. The summed E-state index contributed by atoms with van der Waals surface area (Å²) in [7, 11) is 0. The maximum absolute atomic E-state index is 11.9. The van der Waals surface area contributed by atoms with Gasteiger partial charge in [-0.15, -0.1) is 0 Å². The predicted molar refractivity (Wildman–Crippen MR) is 141 cm³/mol. The van der Waals surface area contributed by atoms with Crippen LogP contribution in [0.2, 0.25) is 5.02 Å². The fourth-order valence-corrected chi connectivity index (χ4v) is 5.38. The number of hydrogen-bond donors (Lipinski definition) is 1. The van der Waals surface area contributed by atoms with E-state index >= 15 is 0 Å². The van der Waals surface area contributed by atoms with Gasteiger partial charge >= 0.3 is 5.97 Å². The second kappa shape index (κ2) is 13.2. The summed E-state index contributed by atoms with van der Waals surface area (Å²) >= 11 is 8.19. The number of hydrogen-bond acceptors (Lipinski definition) is 4. The second-order valence-corrected chi connectivity index (χ2v) is 10.2. The van der Waals surface area contributed by atoms with Crippen LogP contribution in [-0.2, 0) is 17.8 Å². The zero-order valence-electron chi connectivity index (χ0n) is 19.9. The van der Waals surface area contributed by atoms with Gasteiger partial charge in [0.15, 0.2) is 0 Å². The molecule has 3 rings (SSSR count). The summed E-state index contributed by atoms with van der Waals surface area (Å²) in [4.78, 5) is 14.0. The van der Waals surface area contributed by atoms with Gasteiger partial charge in [-0.3, -0.25) is 4.79 Å². The van der Waals surface area contributed by atoms with E-state index in [0.29, 0.717) is 37.3 Å². The Morgan fingerprint density at radius 3 is 2.51 bits per heavy atom. The lowest BCUT2D eigenvalue weighted by Crippen LogP contribution is -2.30. The van der Waals surface area contributed by atoms with Crippen LogP contribution in [0.1, 0.15) is 50.2 Å². The first-order valence-electron chi connectivity index (χ1n) is 11.8. The number of aryl methyl sites for hydroxylation is 1.